The maximum atomic E-state index is 12.4. The normalized spacial score (nSPS) is 11.9. The van der Waals surface area contributed by atoms with E-state index in [2.05, 4.69) is 0 Å². The molecule has 0 fully saturated rings. The van der Waals surface area contributed by atoms with Crippen LogP contribution in [0.25, 0.3) is 0 Å². The molecule has 0 radical (unpaired) electrons. The third-order valence-corrected chi connectivity index (χ3v) is 3.92. The number of carbonyl (C=O) groups is 1. The molecule has 4 heteroatoms. The fourth-order valence-corrected chi connectivity index (χ4v) is 2.41. The van der Waals surface area contributed by atoms with Crippen molar-refractivity contribution < 1.29 is 4.79 Å². The molecule has 0 spiro atoms. The molecule has 2 aromatic rings. The lowest BCUT2D eigenvalue weighted by Crippen LogP contribution is -2.35. The van der Waals surface area contributed by atoms with Crippen LogP contribution in [0.4, 0.5) is 5.69 Å². The molecule has 2 aromatic carbocycles. The lowest BCUT2D eigenvalue weighted by molar-refractivity contribution is -0.119. The summed E-state index contributed by atoms with van der Waals surface area (Å²) < 4.78 is 0. The van der Waals surface area contributed by atoms with Crippen molar-refractivity contribution in [2.45, 2.75) is 10.9 Å². The predicted octanol–water partition coefficient (Wildman–Crippen LogP) is 3.07. The van der Waals surface area contributed by atoms with Crippen LogP contribution in [0.2, 0.25) is 0 Å². The molecule has 2 N–H and O–H groups in total. The Morgan fingerprint density at radius 3 is 2.50 bits per heavy atom. The van der Waals surface area contributed by atoms with Gasteiger partial charge in [-0.15, -0.1) is 11.8 Å². The van der Waals surface area contributed by atoms with Crippen LogP contribution < -0.4 is 10.6 Å². The quantitative estimate of drug-likeness (QED) is 0.879. The maximum absolute atomic E-state index is 12.4. The monoisotopic (exact) mass is 286 g/mol. The highest BCUT2D eigenvalue weighted by Gasteiger charge is 2.20. The van der Waals surface area contributed by atoms with Gasteiger partial charge < -0.3 is 10.6 Å². The fraction of sp³-hybridized carbons (Fsp3) is 0.188. The lowest BCUT2D eigenvalue weighted by atomic mass is 10.1. The predicted molar refractivity (Wildman–Crippen MR) is 85.0 cm³/mol. The molecular weight excluding hydrogens is 268 g/mol. The van der Waals surface area contributed by atoms with Crippen LogP contribution in [-0.4, -0.2) is 19.2 Å². The first-order valence-electron chi connectivity index (χ1n) is 6.35. The van der Waals surface area contributed by atoms with E-state index in [0.717, 1.165) is 16.1 Å². The standard InChI is InChI=1S/C16H18N2OS/c1-18(13-9-6-10-14(11-13)20-2)16(19)15(17)12-7-4-3-5-8-12/h3-11,15H,17H2,1-2H3/t15-/m0/s1. The first-order chi connectivity index (χ1) is 9.63. The van der Waals surface area contributed by atoms with Crippen molar-refractivity contribution in [1.29, 1.82) is 0 Å². The Bertz CT molecular complexity index is 586. The molecule has 0 saturated carbocycles. The summed E-state index contributed by atoms with van der Waals surface area (Å²) in [5.74, 6) is -0.116. The minimum Gasteiger partial charge on any atom is -0.316 e. The van der Waals surface area contributed by atoms with Gasteiger partial charge in [-0.05, 0) is 30.0 Å². The number of anilines is 1. The highest BCUT2D eigenvalue weighted by atomic mass is 32.2. The molecule has 0 heterocycles. The van der Waals surface area contributed by atoms with Crippen LogP contribution in [0, 0.1) is 0 Å². The second kappa shape index (κ2) is 6.59. The third-order valence-electron chi connectivity index (χ3n) is 3.20. The van der Waals surface area contributed by atoms with E-state index in [-0.39, 0.29) is 5.91 Å². The van der Waals surface area contributed by atoms with E-state index in [4.69, 9.17) is 5.73 Å². The van der Waals surface area contributed by atoms with Crippen molar-refractivity contribution in [1.82, 2.24) is 0 Å². The number of nitrogens with zero attached hydrogens (tertiary/aromatic N) is 1. The summed E-state index contributed by atoms with van der Waals surface area (Å²) in [7, 11) is 1.75. The van der Waals surface area contributed by atoms with Crippen LogP contribution in [0.3, 0.4) is 0 Å². The van der Waals surface area contributed by atoms with E-state index < -0.39 is 6.04 Å². The highest BCUT2D eigenvalue weighted by molar-refractivity contribution is 7.98. The zero-order valence-electron chi connectivity index (χ0n) is 11.6. The Hall–Kier alpha value is -1.78. The topological polar surface area (TPSA) is 46.3 Å². The zero-order valence-corrected chi connectivity index (χ0v) is 12.4. The molecule has 1 atom stereocenters. The van der Waals surface area contributed by atoms with E-state index in [1.54, 1.807) is 23.7 Å². The molecule has 2 rings (SSSR count). The van der Waals surface area contributed by atoms with Crippen LogP contribution in [0.15, 0.2) is 59.5 Å². The van der Waals surface area contributed by atoms with Gasteiger partial charge in [-0.25, -0.2) is 0 Å². The number of rotatable bonds is 4. The van der Waals surface area contributed by atoms with E-state index in [9.17, 15) is 4.79 Å². The first-order valence-corrected chi connectivity index (χ1v) is 7.58. The van der Waals surface area contributed by atoms with E-state index in [1.165, 1.54) is 0 Å². The Labute approximate surface area is 123 Å². The van der Waals surface area contributed by atoms with Gasteiger partial charge >= 0.3 is 0 Å². The average Bonchev–Trinajstić information content (AvgIpc) is 2.53. The number of nitrogens with two attached hydrogens (primary N) is 1. The van der Waals surface area contributed by atoms with Gasteiger partial charge in [-0.2, -0.15) is 0 Å². The first kappa shape index (κ1) is 14.6. The SMILES string of the molecule is CSc1cccc(N(C)C(=O)[C@@H](N)c2ccccc2)c1. The number of benzene rings is 2. The number of hydrogen-bond donors (Lipinski definition) is 1. The summed E-state index contributed by atoms with van der Waals surface area (Å²) in [6.45, 7) is 0. The van der Waals surface area contributed by atoms with Gasteiger partial charge in [-0.3, -0.25) is 4.79 Å². The van der Waals surface area contributed by atoms with E-state index in [0.29, 0.717) is 0 Å². The molecule has 0 aliphatic heterocycles. The van der Waals surface area contributed by atoms with Crippen molar-refractivity contribution in [3.63, 3.8) is 0 Å². The lowest BCUT2D eigenvalue weighted by Gasteiger charge is -2.22. The second-order valence-electron chi connectivity index (χ2n) is 4.49. The largest absolute Gasteiger partial charge is 0.316 e. The second-order valence-corrected chi connectivity index (χ2v) is 5.37. The highest BCUT2D eigenvalue weighted by Crippen LogP contribution is 2.23. The molecule has 0 bridgehead atoms. The minimum absolute atomic E-state index is 0.116. The number of amides is 1. The minimum atomic E-state index is -0.640. The molecule has 0 unspecified atom stereocenters. The molecular formula is C16H18N2OS. The molecule has 0 aromatic heterocycles. The Morgan fingerprint density at radius 2 is 1.85 bits per heavy atom. The molecule has 1 amide bonds. The van der Waals surface area contributed by atoms with Crippen molar-refractivity contribution in [3.05, 3.63) is 60.2 Å². The summed E-state index contributed by atoms with van der Waals surface area (Å²) in [6.07, 6.45) is 2.01. The molecule has 0 aliphatic rings. The van der Waals surface area contributed by atoms with Crippen LogP contribution >= 0.6 is 11.8 Å². The summed E-state index contributed by atoms with van der Waals surface area (Å²) >= 11 is 1.65. The summed E-state index contributed by atoms with van der Waals surface area (Å²) in [5, 5.41) is 0. The van der Waals surface area contributed by atoms with Gasteiger partial charge in [0.25, 0.3) is 0 Å². The molecule has 20 heavy (non-hydrogen) atoms. The Balaban J connectivity index is 2.19. The molecule has 104 valence electrons. The van der Waals surface area contributed by atoms with Gasteiger partial charge in [0.05, 0.1) is 0 Å². The van der Waals surface area contributed by atoms with E-state index in [1.807, 2.05) is 60.9 Å². The van der Waals surface area contributed by atoms with Crippen molar-refractivity contribution in [2.75, 3.05) is 18.2 Å². The van der Waals surface area contributed by atoms with Crippen LogP contribution in [0.5, 0.6) is 0 Å². The molecule has 0 saturated heterocycles. The van der Waals surface area contributed by atoms with Crippen molar-refractivity contribution >= 4 is 23.4 Å². The van der Waals surface area contributed by atoms with Gasteiger partial charge in [0.15, 0.2) is 0 Å². The van der Waals surface area contributed by atoms with Crippen molar-refractivity contribution in [3.8, 4) is 0 Å². The smallest absolute Gasteiger partial charge is 0.248 e. The average molecular weight is 286 g/mol. The summed E-state index contributed by atoms with van der Waals surface area (Å²) in [6, 6.07) is 16.6. The molecule has 3 nitrogen and oxygen atoms in total. The summed E-state index contributed by atoms with van der Waals surface area (Å²) in [4.78, 5) is 15.2. The number of likely N-dealkylation sites (N-methyl/N-ethyl adjacent to an activating group) is 1. The van der Waals surface area contributed by atoms with Gasteiger partial charge in [0, 0.05) is 17.6 Å². The van der Waals surface area contributed by atoms with Crippen molar-refractivity contribution in [2.24, 2.45) is 5.73 Å². The van der Waals surface area contributed by atoms with Gasteiger partial charge in [0.1, 0.15) is 6.04 Å². The number of carbonyl (C=O) groups excluding carboxylic acids is 1. The number of hydrogen-bond acceptors (Lipinski definition) is 3. The zero-order chi connectivity index (χ0) is 14.5. The van der Waals surface area contributed by atoms with E-state index >= 15 is 0 Å². The molecule has 0 aliphatic carbocycles. The third kappa shape index (κ3) is 3.21. The van der Waals surface area contributed by atoms with Gasteiger partial charge in [0.2, 0.25) is 5.91 Å². The number of thioether (sulfide) groups is 1. The van der Waals surface area contributed by atoms with Gasteiger partial charge in [-0.1, -0.05) is 36.4 Å². The Morgan fingerprint density at radius 1 is 1.15 bits per heavy atom. The maximum Gasteiger partial charge on any atom is 0.248 e. The van der Waals surface area contributed by atoms with Crippen LogP contribution in [0.1, 0.15) is 11.6 Å². The fourth-order valence-electron chi connectivity index (χ4n) is 1.96. The van der Waals surface area contributed by atoms with Crippen LogP contribution in [-0.2, 0) is 4.79 Å². The Kier molecular flexibility index (Phi) is 4.82. The summed E-state index contributed by atoms with van der Waals surface area (Å²) in [5.41, 5.74) is 7.73.